The van der Waals surface area contributed by atoms with Crippen molar-refractivity contribution in [3.8, 4) is 0 Å². The minimum absolute atomic E-state index is 0.0611. The lowest BCUT2D eigenvalue weighted by molar-refractivity contribution is 0.0797. The van der Waals surface area contributed by atoms with E-state index in [0.29, 0.717) is 6.54 Å². The maximum Gasteiger partial charge on any atom is 0.254 e. The van der Waals surface area contributed by atoms with Crippen LogP contribution in [0.3, 0.4) is 0 Å². The van der Waals surface area contributed by atoms with Crippen LogP contribution in [0.1, 0.15) is 15.9 Å². The molecule has 5 heteroatoms. The number of amides is 1. The van der Waals surface area contributed by atoms with Gasteiger partial charge in [0.1, 0.15) is 0 Å². The van der Waals surface area contributed by atoms with Crippen LogP contribution in [-0.2, 0) is 6.42 Å². The number of hydrogen-bond donors (Lipinski definition) is 0. The van der Waals surface area contributed by atoms with E-state index in [0.717, 1.165) is 15.8 Å². The summed E-state index contributed by atoms with van der Waals surface area (Å²) < 4.78 is 0.980. The van der Waals surface area contributed by atoms with Gasteiger partial charge in [-0.3, -0.25) is 9.78 Å². The lowest BCUT2D eigenvalue weighted by Gasteiger charge is -2.16. The summed E-state index contributed by atoms with van der Waals surface area (Å²) in [5, 5.41) is 1.87. The van der Waals surface area contributed by atoms with Gasteiger partial charge < -0.3 is 4.90 Å². The Morgan fingerprint density at radius 1 is 1.44 bits per heavy atom. The summed E-state index contributed by atoms with van der Waals surface area (Å²) in [5.74, 6) is 0.0611. The number of rotatable bonds is 4. The normalized spacial score (nSPS) is 10.3. The first kappa shape index (κ1) is 13.2. The Morgan fingerprint density at radius 3 is 2.78 bits per heavy atom. The van der Waals surface area contributed by atoms with Gasteiger partial charge >= 0.3 is 0 Å². The topological polar surface area (TPSA) is 33.2 Å². The number of aromatic nitrogens is 1. The van der Waals surface area contributed by atoms with Gasteiger partial charge in [0.2, 0.25) is 0 Å². The third kappa shape index (κ3) is 3.40. The summed E-state index contributed by atoms with van der Waals surface area (Å²) in [5.41, 5.74) is 1.93. The molecule has 0 aliphatic heterocycles. The van der Waals surface area contributed by atoms with E-state index in [-0.39, 0.29) is 5.91 Å². The SMILES string of the molecule is CN(CCc1ccncc1)C(=O)c1csc(Br)c1. The number of nitrogens with zero attached hydrogens (tertiary/aromatic N) is 2. The first-order chi connectivity index (χ1) is 8.66. The average molecular weight is 325 g/mol. The van der Waals surface area contributed by atoms with Crippen molar-refractivity contribution in [2.45, 2.75) is 6.42 Å². The largest absolute Gasteiger partial charge is 0.341 e. The number of thiophene rings is 1. The maximum absolute atomic E-state index is 12.1. The third-order valence-electron chi connectivity index (χ3n) is 2.65. The quantitative estimate of drug-likeness (QED) is 0.865. The summed E-state index contributed by atoms with van der Waals surface area (Å²) in [7, 11) is 1.83. The summed E-state index contributed by atoms with van der Waals surface area (Å²) in [4.78, 5) is 17.8. The summed E-state index contributed by atoms with van der Waals surface area (Å²) in [6, 6.07) is 5.80. The summed E-state index contributed by atoms with van der Waals surface area (Å²) in [6.45, 7) is 0.705. The van der Waals surface area contributed by atoms with Gasteiger partial charge in [0.25, 0.3) is 5.91 Å². The molecule has 0 aromatic carbocycles. The minimum atomic E-state index is 0.0611. The molecule has 3 nitrogen and oxygen atoms in total. The van der Waals surface area contributed by atoms with Crippen molar-refractivity contribution >= 4 is 33.2 Å². The van der Waals surface area contributed by atoms with Crippen LogP contribution in [0.4, 0.5) is 0 Å². The van der Waals surface area contributed by atoms with Crippen LogP contribution < -0.4 is 0 Å². The van der Waals surface area contributed by atoms with Crippen molar-refractivity contribution in [3.63, 3.8) is 0 Å². The van der Waals surface area contributed by atoms with Gasteiger partial charge in [-0.1, -0.05) is 0 Å². The first-order valence-electron chi connectivity index (χ1n) is 5.55. The van der Waals surface area contributed by atoms with Crippen LogP contribution in [0.5, 0.6) is 0 Å². The lowest BCUT2D eigenvalue weighted by Crippen LogP contribution is -2.28. The number of halogens is 1. The van der Waals surface area contributed by atoms with Crippen molar-refractivity contribution in [1.82, 2.24) is 9.88 Å². The van der Waals surface area contributed by atoms with E-state index in [9.17, 15) is 4.79 Å². The highest BCUT2D eigenvalue weighted by Gasteiger charge is 2.12. The Bertz CT molecular complexity index is 527. The molecule has 94 valence electrons. The molecule has 2 heterocycles. The smallest absolute Gasteiger partial charge is 0.254 e. The number of carbonyl (C=O) groups excluding carboxylic acids is 1. The molecular formula is C13H13BrN2OS. The summed E-state index contributed by atoms with van der Waals surface area (Å²) in [6.07, 6.45) is 4.39. The fourth-order valence-electron chi connectivity index (χ4n) is 1.59. The van der Waals surface area contributed by atoms with Gasteiger partial charge in [0.05, 0.1) is 9.35 Å². The van der Waals surface area contributed by atoms with Crippen LogP contribution in [-0.4, -0.2) is 29.4 Å². The molecule has 2 rings (SSSR count). The molecule has 0 saturated carbocycles. The van der Waals surface area contributed by atoms with Gasteiger partial charge in [-0.15, -0.1) is 11.3 Å². The molecule has 0 unspecified atom stereocenters. The molecule has 0 aliphatic carbocycles. The molecule has 18 heavy (non-hydrogen) atoms. The van der Waals surface area contributed by atoms with E-state index in [1.165, 1.54) is 16.9 Å². The zero-order valence-corrected chi connectivity index (χ0v) is 12.4. The fourth-order valence-corrected chi connectivity index (χ4v) is 2.72. The Hall–Kier alpha value is -1.20. The van der Waals surface area contributed by atoms with E-state index in [4.69, 9.17) is 0 Å². The van der Waals surface area contributed by atoms with Gasteiger partial charge in [-0.25, -0.2) is 0 Å². The number of carbonyl (C=O) groups is 1. The standard InChI is InChI=1S/C13H13BrN2OS/c1-16(7-4-10-2-5-15-6-3-10)13(17)11-8-12(14)18-9-11/h2-3,5-6,8-9H,4,7H2,1H3. The molecule has 0 atom stereocenters. The number of likely N-dealkylation sites (N-methyl/N-ethyl adjacent to an activating group) is 1. The van der Waals surface area contributed by atoms with Crippen molar-refractivity contribution in [3.05, 3.63) is 50.9 Å². The summed E-state index contributed by atoms with van der Waals surface area (Å²) >= 11 is 4.89. The molecule has 0 saturated heterocycles. The predicted molar refractivity (Wildman–Crippen MR) is 76.9 cm³/mol. The molecule has 1 amide bonds. The Balaban J connectivity index is 1.92. The molecule has 0 fully saturated rings. The number of hydrogen-bond acceptors (Lipinski definition) is 3. The zero-order valence-electron chi connectivity index (χ0n) is 9.97. The first-order valence-corrected chi connectivity index (χ1v) is 7.22. The van der Waals surface area contributed by atoms with Gasteiger partial charge in [0, 0.05) is 31.4 Å². The minimum Gasteiger partial charge on any atom is -0.341 e. The van der Waals surface area contributed by atoms with Crippen LogP contribution in [0.15, 0.2) is 39.8 Å². The predicted octanol–water partition coefficient (Wildman–Crippen LogP) is 3.22. The molecule has 0 bridgehead atoms. The van der Waals surface area contributed by atoms with Gasteiger partial charge in [-0.05, 0) is 46.1 Å². The van der Waals surface area contributed by atoms with Crippen molar-refractivity contribution in [2.24, 2.45) is 0 Å². The Morgan fingerprint density at radius 2 is 2.17 bits per heavy atom. The third-order valence-corrected chi connectivity index (χ3v) is 4.15. The molecule has 2 aromatic rings. The Labute approximate surface area is 119 Å². The van der Waals surface area contributed by atoms with E-state index in [2.05, 4.69) is 20.9 Å². The highest BCUT2D eigenvalue weighted by atomic mass is 79.9. The van der Waals surface area contributed by atoms with Crippen molar-refractivity contribution in [1.29, 1.82) is 0 Å². The average Bonchev–Trinajstić information content (AvgIpc) is 2.83. The second-order valence-electron chi connectivity index (χ2n) is 3.97. The van der Waals surface area contributed by atoms with Gasteiger partial charge in [-0.2, -0.15) is 0 Å². The lowest BCUT2D eigenvalue weighted by atomic mass is 10.2. The van der Waals surface area contributed by atoms with Crippen LogP contribution in [0.25, 0.3) is 0 Å². The molecule has 0 spiro atoms. The van der Waals surface area contributed by atoms with Crippen molar-refractivity contribution in [2.75, 3.05) is 13.6 Å². The Kier molecular flexibility index (Phi) is 4.49. The molecular weight excluding hydrogens is 312 g/mol. The van der Waals surface area contributed by atoms with Gasteiger partial charge in [0.15, 0.2) is 0 Å². The highest BCUT2D eigenvalue weighted by molar-refractivity contribution is 9.11. The highest BCUT2D eigenvalue weighted by Crippen LogP contribution is 2.21. The molecule has 2 aromatic heterocycles. The molecule has 0 radical (unpaired) electrons. The van der Waals surface area contributed by atoms with E-state index in [1.54, 1.807) is 17.3 Å². The van der Waals surface area contributed by atoms with Crippen LogP contribution >= 0.6 is 27.3 Å². The van der Waals surface area contributed by atoms with E-state index < -0.39 is 0 Å². The zero-order chi connectivity index (χ0) is 13.0. The van der Waals surface area contributed by atoms with Crippen molar-refractivity contribution < 1.29 is 4.79 Å². The fraction of sp³-hybridized carbons (Fsp3) is 0.231. The van der Waals surface area contributed by atoms with Crippen LogP contribution in [0.2, 0.25) is 0 Å². The second kappa shape index (κ2) is 6.11. The molecule has 0 aliphatic rings. The second-order valence-corrected chi connectivity index (χ2v) is 6.26. The maximum atomic E-state index is 12.1. The molecule has 0 N–H and O–H groups in total. The number of pyridine rings is 1. The monoisotopic (exact) mass is 324 g/mol. The van der Waals surface area contributed by atoms with E-state index in [1.807, 2.05) is 30.6 Å². The van der Waals surface area contributed by atoms with E-state index >= 15 is 0 Å². The van der Waals surface area contributed by atoms with Crippen LogP contribution in [0, 0.1) is 0 Å².